The second-order valence-corrected chi connectivity index (χ2v) is 8.26. The quantitative estimate of drug-likeness (QED) is 0.402. The highest BCUT2D eigenvalue weighted by Crippen LogP contribution is 2.39. The Kier molecular flexibility index (Phi) is 5.88. The van der Waals surface area contributed by atoms with Crippen LogP contribution in [0.25, 0.3) is 17.4 Å². The summed E-state index contributed by atoms with van der Waals surface area (Å²) < 4.78 is 45.5. The number of benzene rings is 2. The number of hydrogen-bond acceptors (Lipinski definition) is 4. The smallest absolute Gasteiger partial charge is 0.418 e. The van der Waals surface area contributed by atoms with Gasteiger partial charge in [0.05, 0.1) is 16.2 Å². The number of nitrogens with one attached hydrogen (secondary N) is 1. The number of amides is 1. The van der Waals surface area contributed by atoms with Crippen molar-refractivity contribution in [3.63, 3.8) is 0 Å². The molecule has 1 aliphatic rings. The summed E-state index contributed by atoms with van der Waals surface area (Å²) >= 11 is 12.6. The molecule has 10 heteroatoms. The molecule has 4 nitrogen and oxygen atoms in total. The molecule has 1 fully saturated rings. The average Bonchev–Trinajstić information content (AvgIpc) is 3.29. The number of amidine groups is 1. The van der Waals surface area contributed by atoms with Gasteiger partial charge in [0, 0.05) is 21.7 Å². The average molecular weight is 483 g/mol. The number of nitrogens with zero attached hydrogens (tertiary/aromatic N) is 1. The lowest BCUT2D eigenvalue weighted by Gasteiger charge is -2.10. The van der Waals surface area contributed by atoms with E-state index < -0.39 is 17.6 Å². The fourth-order valence-electron chi connectivity index (χ4n) is 2.78. The lowest BCUT2D eigenvalue weighted by Crippen LogP contribution is -2.19. The Morgan fingerprint density at radius 3 is 2.55 bits per heavy atom. The fourth-order valence-corrected chi connectivity index (χ4v) is 3.96. The van der Waals surface area contributed by atoms with Crippen LogP contribution in [-0.2, 0) is 11.0 Å². The molecule has 158 valence electrons. The van der Waals surface area contributed by atoms with Gasteiger partial charge in [-0.15, -0.1) is 0 Å². The molecule has 3 aromatic rings. The van der Waals surface area contributed by atoms with Gasteiger partial charge in [-0.1, -0.05) is 35.3 Å². The molecule has 1 aromatic heterocycles. The summed E-state index contributed by atoms with van der Waals surface area (Å²) in [6.45, 7) is 0. The Morgan fingerprint density at radius 2 is 1.81 bits per heavy atom. The van der Waals surface area contributed by atoms with Gasteiger partial charge in [0.1, 0.15) is 11.5 Å². The monoisotopic (exact) mass is 482 g/mol. The molecule has 0 spiro atoms. The van der Waals surface area contributed by atoms with E-state index in [1.807, 2.05) is 6.07 Å². The lowest BCUT2D eigenvalue weighted by atomic mass is 10.2. The van der Waals surface area contributed by atoms with Crippen LogP contribution in [0.1, 0.15) is 11.3 Å². The number of carbonyl (C=O) groups excluding carboxylic acids is 1. The summed E-state index contributed by atoms with van der Waals surface area (Å²) in [5.41, 5.74) is -0.565. The van der Waals surface area contributed by atoms with Gasteiger partial charge in [0.15, 0.2) is 5.17 Å². The van der Waals surface area contributed by atoms with Gasteiger partial charge >= 0.3 is 6.18 Å². The second kappa shape index (κ2) is 8.45. The van der Waals surface area contributed by atoms with Crippen molar-refractivity contribution >= 4 is 57.8 Å². The van der Waals surface area contributed by atoms with Gasteiger partial charge in [-0.2, -0.15) is 13.2 Å². The molecule has 1 N–H and O–H groups in total. The third-order valence-corrected chi connectivity index (χ3v) is 5.53. The zero-order chi connectivity index (χ0) is 22.2. The predicted octanol–water partition coefficient (Wildman–Crippen LogP) is 7.16. The molecule has 2 aromatic carbocycles. The van der Waals surface area contributed by atoms with E-state index >= 15 is 0 Å². The SMILES string of the molecule is O=C1NC(=Nc2ccc(Cl)cc2C(F)(F)F)S/C1=C/c1ccc(-c2cccc(Cl)c2)o1. The van der Waals surface area contributed by atoms with Crippen LogP contribution in [0, 0.1) is 0 Å². The minimum atomic E-state index is -4.64. The van der Waals surface area contributed by atoms with Crippen molar-refractivity contribution in [1.29, 1.82) is 0 Å². The Hall–Kier alpha value is -2.68. The minimum Gasteiger partial charge on any atom is -0.457 e. The molecule has 0 unspecified atom stereocenters. The van der Waals surface area contributed by atoms with Gasteiger partial charge in [0.25, 0.3) is 5.91 Å². The molecule has 1 saturated heterocycles. The first kappa shape index (κ1) is 21.5. The van der Waals surface area contributed by atoms with Crippen molar-refractivity contribution in [1.82, 2.24) is 5.32 Å². The molecule has 0 atom stereocenters. The first-order chi connectivity index (χ1) is 14.7. The van der Waals surface area contributed by atoms with E-state index in [1.54, 1.807) is 30.3 Å². The number of carbonyl (C=O) groups is 1. The molecule has 31 heavy (non-hydrogen) atoms. The molecule has 1 aliphatic heterocycles. The number of halogens is 5. The fraction of sp³-hybridized carbons (Fsp3) is 0.0476. The van der Waals surface area contributed by atoms with E-state index in [-0.39, 0.29) is 20.8 Å². The number of hydrogen-bond donors (Lipinski definition) is 1. The number of furan rings is 1. The van der Waals surface area contributed by atoms with E-state index in [4.69, 9.17) is 27.6 Å². The first-order valence-electron chi connectivity index (χ1n) is 8.71. The standard InChI is InChI=1S/C21H11Cl2F3N2O2S/c22-12-3-1-2-11(8-12)17-7-5-14(30-17)10-18-19(29)28-20(31-18)27-16-6-4-13(23)9-15(16)21(24,25)26/h1-10H,(H,27,28,29)/b18-10+. The second-order valence-electron chi connectivity index (χ2n) is 6.35. The van der Waals surface area contributed by atoms with Crippen LogP contribution in [0.5, 0.6) is 0 Å². The highest BCUT2D eigenvalue weighted by atomic mass is 35.5. The molecular formula is C21H11Cl2F3N2O2S. The Balaban J connectivity index is 1.59. The van der Waals surface area contributed by atoms with Gasteiger partial charge in [-0.25, -0.2) is 4.99 Å². The van der Waals surface area contributed by atoms with E-state index in [0.717, 1.165) is 29.5 Å². The summed E-state index contributed by atoms with van der Waals surface area (Å²) in [5, 5.41) is 2.97. The molecule has 0 aliphatic carbocycles. The Morgan fingerprint density at radius 1 is 1.03 bits per heavy atom. The number of thioether (sulfide) groups is 1. The zero-order valence-electron chi connectivity index (χ0n) is 15.3. The summed E-state index contributed by atoms with van der Waals surface area (Å²) in [5.74, 6) is 0.464. The molecule has 0 bridgehead atoms. The van der Waals surface area contributed by atoms with Crippen LogP contribution in [0.15, 0.2) is 68.9 Å². The van der Waals surface area contributed by atoms with Crippen molar-refractivity contribution in [3.05, 3.63) is 80.9 Å². The third-order valence-electron chi connectivity index (χ3n) is 4.15. The number of alkyl halides is 3. The lowest BCUT2D eigenvalue weighted by molar-refractivity contribution is -0.137. The maximum Gasteiger partial charge on any atom is 0.418 e. The summed E-state index contributed by atoms with van der Waals surface area (Å²) in [4.78, 5) is 16.4. The van der Waals surface area contributed by atoms with Crippen LogP contribution >= 0.6 is 35.0 Å². The van der Waals surface area contributed by atoms with Crippen molar-refractivity contribution in [2.45, 2.75) is 6.18 Å². The maximum atomic E-state index is 13.3. The number of rotatable bonds is 3. The van der Waals surface area contributed by atoms with Gasteiger partial charge < -0.3 is 9.73 Å². The molecule has 0 saturated carbocycles. The number of aliphatic imine (C=N–C) groups is 1. The van der Waals surface area contributed by atoms with Crippen LogP contribution in [0.2, 0.25) is 10.0 Å². The Labute approximate surface area is 188 Å². The molecule has 2 heterocycles. The van der Waals surface area contributed by atoms with Crippen LogP contribution in [0.3, 0.4) is 0 Å². The molecule has 4 rings (SSSR count). The largest absolute Gasteiger partial charge is 0.457 e. The van der Waals surface area contributed by atoms with Crippen molar-refractivity contribution in [2.75, 3.05) is 0 Å². The highest BCUT2D eigenvalue weighted by Gasteiger charge is 2.34. The summed E-state index contributed by atoms with van der Waals surface area (Å²) in [7, 11) is 0. The Bertz CT molecular complexity index is 1240. The van der Waals surface area contributed by atoms with Gasteiger partial charge in [-0.3, -0.25) is 4.79 Å². The normalized spacial score (nSPS) is 16.9. The summed E-state index contributed by atoms with van der Waals surface area (Å²) in [6.07, 6.45) is -3.15. The first-order valence-corrected chi connectivity index (χ1v) is 10.3. The van der Waals surface area contributed by atoms with E-state index in [2.05, 4.69) is 10.3 Å². The van der Waals surface area contributed by atoms with E-state index in [9.17, 15) is 18.0 Å². The third kappa shape index (κ3) is 4.98. The zero-order valence-corrected chi connectivity index (χ0v) is 17.7. The minimum absolute atomic E-state index is 0.0192. The van der Waals surface area contributed by atoms with Gasteiger partial charge in [-0.05, 0) is 54.2 Å². The van der Waals surface area contributed by atoms with Crippen LogP contribution in [-0.4, -0.2) is 11.1 Å². The van der Waals surface area contributed by atoms with Crippen LogP contribution in [0.4, 0.5) is 18.9 Å². The molecule has 1 amide bonds. The molecular weight excluding hydrogens is 472 g/mol. The van der Waals surface area contributed by atoms with Crippen molar-refractivity contribution < 1.29 is 22.4 Å². The summed E-state index contributed by atoms with van der Waals surface area (Å²) in [6, 6.07) is 13.7. The maximum absolute atomic E-state index is 13.3. The van der Waals surface area contributed by atoms with Crippen molar-refractivity contribution in [3.8, 4) is 11.3 Å². The predicted molar refractivity (Wildman–Crippen MR) is 116 cm³/mol. The van der Waals surface area contributed by atoms with Gasteiger partial charge in [0.2, 0.25) is 0 Å². The van der Waals surface area contributed by atoms with Crippen LogP contribution < -0.4 is 5.32 Å². The highest BCUT2D eigenvalue weighted by molar-refractivity contribution is 8.18. The molecule has 0 radical (unpaired) electrons. The van der Waals surface area contributed by atoms with E-state index in [0.29, 0.717) is 16.5 Å². The van der Waals surface area contributed by atoms with E-state index in [1.165, 1.54) is 12.1 Å². The van der Waals surface area contributed by atoms with Crippen molar-refractivity contribution in [2.24, 2.45) is 4.99 Å². The topological polar surface area (TPSA) is 54.6 Å².